The number of carboxylic acid groups (broad SMARTS) is 1. The maximum atomic E-state index is 10.9. The van der Waals surface area contributed by atoms with Crippen LogP contribution in [0.1, 0.15) is 42.6 Å². The Hall–Kier alpha value is -1.40. The Morgan fingerprint density at radius 2 is 2.05 bits per heavy atom. The normalized spacial score (nSPS) is 26.0. The largest absolute Gasteiger partial charge is 0.481 e. The molecule has 1 aromatic rings. The lowest BCUT2D eigenvalue weighted by molar-refractivity contribution is -0.144. The Morgan fingerprint density at radius 3 is 2.52 bits per heavy atom. The Bertz CT molecular complexity index is 516. The molecule has 6 nitrogen and oxygen atoms in total. The van der Waals surface area contributed by atoms with E-state index in [0.717, 1.165) is 11.4 Å². The fourth-order valence-electron chi connectivity index (χ4n) is 3.07. The van der Waals surface area contributed by atoms with Crippen molar-refractivity contribution in [1.29, 1.82) is 0 Å². The van der Waals surface area contributed by atoms with E-state index in [2.05, 4.69) is 10.4 Å². The molecule has 0 bridgehead atoms. The van der Waals surface area contributed by atoms with Gasteiger partial charge in [-0.15, -0.1) is 0 Å². The topological polar surface area (TPSA) is 87.4 Å². The second-order valence-electron chi connectivity index (χ2n) is 6.21. The van der Waals surface area contributed by atoms with E-state index in [4.69, 9.17) is 5.11 Å². The number of hydrogen-bond donors (Lipinski definition) is 3. The summed E-state index contributed by atoms with van der Waals surface area (Å²) in [6, 6.07) is 0. The van der Waals surface area contributed by atoms with Crippen LogP contribution in [0.5, 0.6) is 0 Å². The molecule has 0 spiro atoms. The molecule has 3 N–H and O–H groups in total. The van der Waals surface area contributed by atoms with Crippen LogP contribution in [0.2, 0.25) is 0 Å². The molecular formula is C15H25N3O3. The Labute approximate surface area is 125 Å². The average Bonchev–Trinajstić information content (AvgIpc) is 2.65. The summed E-state index contributed by atoms with van der Waals surface area (Å²) in [5, 5.41) is 27.2. The lowest BCUT2D eigenvalue weighted by Crippen LogP contribution is -2.44. The van der Waals surface area contributed by atoms with E-state index in [9.17, 15) is 9.90 Å². The molecule has 0 aromatic carbocycles. The number of aryl methyl sites for hydroxylation is 2. The fraction of sp³-hybridized carbons (Fsp3) is 0.733. The Morgan fingerprint density at radius 1 is 1.43 bits per heavy atom. The highest BCUT2D eigenvalue weighted by atomic mass is 16.4. The molecule has 0 saturated heterocycles. The highest BCUT2D eigenvalue weighted by Crippen LogP contribution is 2.31. The van der Waals surface area contributed by atoms with Gasteiger partial charge in [-0.3, -0.25) is 9.48 Å². The smallest absolute Gasteiger partial charge is 0.306 e. The van der Waals surface area contributed by atoms with E-state index in [-0.39, 0.29) is 5.92 Å². The van der Waals surface area contributed by atoms with Gasteiger partial charge in [-0.25, -0.2) is 0 Å². The standard InChI is InChI=1S/C15H25N3O3/c1-10-13(11(2)18(3)17-10)8-16-9-15(21)6-4-12(5-7-15)14(19)20/h12,16,21H,4-9H2,1-3H3,(H,19,20). The predicted molar refractivity (Wildman–Crippen MR) is 78.9 cm³/mol. The number of aromatic nitrogens is 2. The number of carbonyl (C=O) groups is 1. The molecule has 2 rings (SSSR count). The number of hydrogen-bond acceptors (Lipinski definition) is 4. The van der Waals surface area contributed by atoms with E-state index < -0.39 is 11.6 Å². The predicted octanol–water partition coefficient (Wildman–Crippen LogP) is 1.13. The molecule has 1 aromatic heterocycles. The quantitative estimate of drug-likeness (QED) is 0.758. The monoisotopic (exact) mass is 295 g/mol. The molecule has 0 atom stereocenters. The lowest BCUT2D eigenvalue weighted by Gasteiger charge is -2.34. The van der Waals surface area contributed by atoms with Crippen LogP contribution in [0.4, 0.5) is 0 Å². The van der Waals surface area contributed by atoms with E-state index in [1.807, 2.05) is 25.6 Å². The van der Waals surface area contributed by atoms with E-state index in [1.165, 1.54) is 5.56 Å². The third kappa shape index (κ3) is 3.63. The summed E-state index contributed by atoms with van der Waals surface area (Å²) in [5.41, 5.74) is 2.52. The summed E-state index contributed by atoms with van der Waals surface area (Å²) in [6.45, 7) is 5.18. The van der Waals surface area contributed by atoms with E-state index >= 15 is 0 Å². The molecule has 1 aliphatic rings. The third-order valence-corrected chi connectivity index (χ3v) is 4.68. The van der Waals surface area contributed by atoms with E-state index in [0.29, 0.717) is 38.8 Å². The number of aliphatic carboxylic acids is 1. The van der Waals surface area contributed by atoms with Crippen molar-refractivity contribution < 1.29 is 15.0 Å². The Kier molecular flexibility index (Phi) is 4.68. The van der Waals surface area contributed by atoms with Crippen molar-refractivity contribution in [2.24, 2.45) is 13.0 Å². The van der Waals surface area contributed by atoms with Crippen LogP contribution in [0.15, 0.2) is 0 Å². The van der Waals surface area contributed by atoms with Gasteiger partial charge in [0.25, 0.3) is 0 Å². The first-order chi connectivity index (χ1) is 9.82. The summed E-state index contributed by atoms with van der Waals surface area (Å²) in [5.74, 6) is -1.04. The van der Waals surface area contributed by atoms with Gasteiger partial charge in [-0.1, -0.05) is 0 Å². The molecule has 1 heterocycles. The van der Waals surface area contributed by atoms with Crippen molar-refractivity contribution in [2.45, 2.75) is 51.7 Å². The molecule has 1 fully saturated rings. The first kappa shape index (κ1) is 16.0. The van der Waals surface area contributed by atoms with E-state index in [1.54, 1.807) is 0 Å². The van der Waals surface area contributed by atoms with Gasteiger partial charge in [-0.2, -0.15) is 5.10 Å². The van der Waals surface area contributed by atoms with Crippen molar-refractivity contribution in [1.82, 2.24) is 15.1 Å². The van der Waals surface area contributed by atoms with Crippen LogP contribution < -0.4 is 5.32 Å². The minimum absolute atomic E-state index is 0.298. The van der Waals surface area contributed by atoms with Gasteiger partial charge in [0.05, 0.1) is 17.2 Å². The van der Waals surface area contributed by atoms with Crippen LogP contribution in [0.25, 0.3) is 0 Å². The number of aliphatic hydroxyl groups is 1. The number of nitrogens with one attached hydrogen (secondary N) is 1. The van der Waals surface area contributed by atoms with Gasteiger partial charge >= 0.3 is 5.97 Å². The fourth-order valence-corrected chi connectivity index (χ4v) is 3.07. The zero-order chi connectivity index (χ0) is 15.6. The summed E-state index contributed by atoms with van der Waals surface area (Å²) < 4.78 is 1.86. The molecule has 0 aliphatic heterocycles. The van der Waals surface area contributed by atoms with Crippen LogP contribution in [-0.4, -0.2) is 38.1 Å². The molecule has 0 radical (unpaired) electrons. The molecule has 0 unspecified atom stereocenters. The van der Waals surface area contributed by atoms with Crippen molar-refractivity contribution in [2.75, 3.05) is 6.54 Å². The zero-order valence-corrected chi connectivity index (χ0v) is 13.0. The highest BCUT2D eigenvalue weighted by molar-refractivity contribution is 5.70. The first-order valence-corrected chi connectivity index (χ1v) is 7.47. The van der Waals surface area contributed by atoms with Gasteiger partial charge in [0, 0.05) is 31.4 Å². The van der Waals surface area contributed by atoms with Gasteiger partial charge in [0.1, 0.15) is 0 Å². The maximum Gasteiger partial charge on any atom is 0.306 e. The number of rotatable bonds is 5. The van der Waals surface area contributed by atoms with Crippen molar-refractivity contribution in [3.05, 3.63) is 17.0 Å². The summed E-state index contributed by atoms with van der Waals surface area (Å²) in [7, 11) is 1.92. The molecule has 6 heteroatoms. The van der Waals surface area contributed by atoms with Crippen molar-refractivity contribution >= 4 is 5.97 Å². The maximum absolute atomic E-state index is 10.9. The van der Waals surface area contributed by atoms with Gasteiger partial charge in [-0.05, 0) is 39.5 Å². The van der Waals surface area contributed by atoms with Gasteiger partial charge in [0.15, 0.2) is 0 Å². The third-order valence-electron chi connectivity index (χ3n) is 4.68. The summed E-state index contributed by atoms with van der Waals surface area (Å²) in [6.07, 6.45) is 2.20. The second kappa shape index (κ2) is 6.15. The molecule has 1 saturated carbocycles. The van der Waals surface area contributed by atoms with Crippen LogP contribution in [0.3, 0.4) is 0 Å². The highest BCUT2D eigenvalue weighted by Gasteiger charge is 2.35. The lowest BCUT2D eigenvalue weighted by atomic mass is 9.79. The molecule has 118 valence electrons. The van der Waals surface area contributed by atoms with Gasteiger partial charge < -0.3 is 15.5 Å². The summed E-state index contributed by atoms with van der Waals surface area (Å²) in [4.78, 5) is 10.9. The number of carboxylic acids is 1. The SMILES string of the molecule is Cc1nn(C)c(C)c1CNCC1(O)CCC(C(=O)O)CC1. The first-order valence-electron chi connectivity index (χ1n) is 7.47. The molecule has 1 aliphatic carbocycles. The van der Waals surface area contributed by atoms with Gasteiger partial charge in [0.2, 0.25) is 0 Å². The average molecular weight is 295 g/mol. The van der Waals surface area contributed by atoms with Crippen LogP contribution in [-0.2, 0) is 18.4 Å². The molecular weight excluding hydrogens is 270 g/mol. The Balaban J connectivity index is 1.85. The summed E-state index contributed by atoms with van der Waals surface area (Å²) >= 11 is 0. The minimum atomic E-state index is -0.782. The molecule has 21 heavy (non-hydrogen) atoms. The minimum Gasteiger partial charge on any atom is -0.481 e. The van der Waals surface area contributed by atoms with Crippen molar-refractivity contribution in [3.63, 3.8) is 0 Å². The molecule has 0 amide bonds. The zero-order valence-electron chi connectivity index (χ0n) is 13.0. The van der Waals surface area contributed by atoms with Crippen molar-refractivity contribution in [3.8, 4) is 0 Å². The second-order valence-corrected chi connectivity index (χ2v) is 6.21. The van der Waals surface area contributed by atoms with Crippen LogP contribution in [0, 0.1) is 19.8 Å². The van der Waals surface area contributed by atoms with Crippen LogP contribution >= 0.6 is 0 Å². The number of nitrogens with zero attached hydrogens (tertiary/aromatic N) is 2.